The Hall–Kier alpha value is -3.29. The highest BCUT2D eigenvalue weighted by Gasteiger charge is 2.18. The van der Waals surface area contributed by atoms with E-state index in [0.29, 0.717) is 43.2 Å². The lowest BCUT2D eigenvalue weighted by Gasteiger charge is -2.36. The van der Waals surface area contributed by atoms with Gasteiger partial charge in [-0.25, -0.2) is 0 Å². The van der Waals surface area contributed by atoms with Crippen molar-refractivity contribution in [2.24, 2.45) is 0 Å². The summed E-state index contributed by atoms with van der Waals surface area (Å²) in [7, 11) is 5.30. The Kier molecular flexibility index (Phi) is 5.98. The smallest absolute Gasteiger partial charge is 0.308 e. The second kappa shape index (κ2) is 8.60. The fourth-order valence-corrected chi connectivity index (χ4v) is 2.98. The lowest BCUT2D eigenvalue weighted by Crippen LogP contribution is -2.48. The molecule has 1 saturated heterocycles. The summed E-state index contributed by atoms with van der Waals surface area (Å²) in [6, 6.07) is 13.9. The summed E-state index contributed by atoms with van der Waals surface area (Å²) in [5, 5.41) is 2.80. The van der Waals surface area contributed by atoms with Gasteiger partial charge in [-0.3, -0.25) is 14.4 Å². The van der Waals surface area contributed by atoms with E-state index in [1.165, 1.54) is 6.92 Å². The Morgan fingerprint density at radius 3 is 2.07 bits per heavy atom. The summed E-state index contributed by atoms with van der Waals surface area (Å²) in [6.45, 7) is 3.89. The van der Waals surface area contributed by atoms with Gasteiger partial charge in [0.15, 0.2) is 5.81 Å². The molecule has 2 aromatic rings. The second-order valence-electron chi connectivity index (χ2n) is 6.43. The van der Waals surface area contributed by atoms with Crippen molar-refractivity contribution in [3.63, 3.8) is 0 Å². The average molecular weight is 377 g/mol. The molecule has 0 aromatic heterocycles. The zero-order valence-electron chi connectivity index (χ0n) is 15.6. The van der Waals surface area contributed by atoms with Gasteiger partial charge in [0.2, 0.25) is 7.85 Å². The molecule has 142 valence electrons. The minimum Gasteiger partial charge on any atom is -0.427 e. The van der Waals surface area contributed by atoms with Crippen molar-refractivity contribution in [1.29, 1.82) is 0 Å². The van der Waals surface area contributed by atoms with Crippen LogP contribution >= 0.6 is 0 Å². The van der Waals surface area contributed by atoms with Crippen molar-refractivity contribution in [2.75, 3.05) is 36.4 Å². The first kappa shape index (κ1) is 19.5. The van der Waals surface area contributed by atoms with Crippen molar-refractivity contribution in [3.05, 3.63) is 54.1 Å². The fraction of sp³-hybridized carbons (Fsp3) is 0.250. The molecule has 3 rings (SSSR count). The number of ether oxygens (including phenoxy) is 1. The molecule has 0 spiro atoms. The highest BCUT2D eigenvalue weighted by molar-refractivity contribution is 6.56. The van der Waals surface area contributed by atoms with Crippen LogP contribution in [0.25, 0.3) is 0 Å². The Balaban J connectivity index is 1.58. The lowest BCUT2D eigenvalue weighted by atomic mass is 10.1. The van der Waals surface area contributed by atoms with Crippen LogP contribution in [-0.4, -0.2) is 56.6 Å². The summed E-state index contributed by atoms with van der Waals surface area (Å²) in [6.07, 6.45) is 0. The SMILES string of the molecule is [B]C(=O)N1CCN(c2ccc(C(=O)Nc3ccc(OC(C)=O)cc3)cc2)CC1. The summed E-state index contributed by atoms with van der Waals surface area (Å²) in [5.41, 5.74) is 2.13. The molecule has 28 heavy (non-hydrogen) atoms. The van der Waals surface area contributed by atoms with Gasteiger partial charge in [-0.15, -0.1) is 0 Å². The molecular weight excluding hydrogens is 357 g/mol. The number of carbonyl (C=O) groups excluding carboxylic acids is 3. The third-order valence-corrected chi connectivity index (χ3v) is 4.46. The maximum absolute atomic E-state index is 12.4. The molecule has 0 bridgehead atoms. The van der Waals surface area contributed by atoms with E-state index < -0.39 is 11.8 Å². The molecule has 0 aliphatic carbocycles. The van der Waals surface area contributed by atoms with Crippen LogP contribution in [0.2, 0.25) is 0 Å². The molecule has 0 atom stereocenters. The van der Waals surface area contributed by atoms with Crippen molar-refractivity contribution in [1.82, 2.24) is 4.90 Å². The van der Waals surface area contributed by atoms with E-state index in [4.69, 9.17) is 12.6 Å². The normalized spacial score (nSPS) is 13.8. The van der Waals surface area contributed by atoms with E-state index in [1.54, 1.807) is 41.3 Å². The number of amides is 2. The van der Waals surface area contributed by atoms with Crippen LogP contribution in [-0.2, 0) is 4.79 Å². The molecule has 2 aromatic carbocycles. The summed E-state index contributed by atoms with van der Waals surface area (Å²) in [4.78, 5) is 38.3. The average Bonchev–Trinajstić information content (AvgIpc) is 2.69. The molecule has 2 radical (unpaired) electrons. The van der Waals surface area contributed by atoms with Gasteiger partial charge in [0.1, 0.15) is 5.75 Å². The minimum absolute atomic E-state index is 0.231. The number of rotatable bonds is 4. The lowest BCUT2D eigenvalue weighted by molar-refractivity contribution is -0.131. The third-order valence-electron chi connectivity index (χ3n) is 4.46. The Morgan fingerprint density at radius 2 is 1.54 bits per heavy atom. The van der Waals surface area contributed by atoms with Gasteiger partial charge in [0.25, 0.3) is 5.91 Å². The fourth-order valence-electron chi connectivity index (χ4n) is 2.98. The van der Waals surface area contributed by atoms with Crippen LogP contribution in [0.1, 0.15) is 17.3 Å². The first-order valence-corrected chi connectivity index (χ1v) is 8.91. The molecule has 1 aliphatic heterocycles. The highest BCUT2D eigenvalue weighted by atomic mass is 16.5. The number of piperazine rings is 1. The van der Waals surface area contributed by atoms with Gasteiger partial charge >= 0.3 is 5.97 Å². The largest absolute Gasteiger partial charge is 0.427 e. The first-order valence-electron chi connectivity index (χ1n) is 8.91. The van der Waals surface area contributed by atoms with Gasteiger partial charge in [-0.2, -0.15) is 0 Å². The van der Waals surface area contributed by atoms with Crippen LogP contribution in [0.3, 0.4) is 0 Å². The van der Waals surface area contributed by atoms with Crippen LogP contribution in [0, 0.1) is 0 Å². The van der Waals surface area contributed by atoms with Gasteiger partial charge < -0.3 is 19.9 Å². The van der Waals surface area contributed by atoms with Crippen LogP contribution in [0.4, 0.5) is 16.2 Å². The number of esters is 1. The predicted molar refractivity (Wildman–Crippen MR) is 107 cm³/mol. The maximum atomic E-state index is 12.4. The van der Waals surface area contributed by atoms with Crippen LogP contribution < -0.4 is 15.0 Å². The number of anilines is 2. The van der Waals surface area contributed by atoms with Gasteiger partial charge in [-0.05, 0) is 48.5 Å². The molecule has 7 nitrogen and oxygen atoms in total. The molecule has 2 amide bonds. The molecule has 0 saturated carbocycles. The molecular formula is C20H20BN3O4. The molecule has 1 N–H and O–H groups in total. The standard InChI is InChI=1S/C20H20BN3O4/c1-14(25)28-18-8-4-16(5-9-18)22-19(26)15-2-6-17(7-3-15)23-10-12-24(13-11-23)20(21)27/h2-9H,10-13H2,1H3,(H,22,26). The molecule has 1 fully saturated rings. The van der Waals surface area contributed by atoms with Gasteiger partial charge in [-0.1, -0.05) is 0 Å². The molecule has 8 heteroatoms. The summed E-state index contributed by atoms with van der Waals surface area (Å²) < 4.78 is 4.96. The Labute approximate surface area is 164 Å². The van der Waals surface area contributed by atoms with Crippen LogP contribution in [0.15, 0.2) is 48.5 Å². The van der Waals surface area contributed by atoms with Crippen molar-refractivity contribution >= 4 is 36.9 Å². The second-order valence-corrected chi connectivity index (χ2v) is 6.43. The molecule has 0 unspecified atom stereocenters. The number of carbonyl (C=O) groups is 3. The van der Waals surface area contributed by atoms with E-state index in [-0.39, 0.29) is 5.91 Å². The van der Waals surface area contributed by atoms with Gasteiger partial charge in [0.05, 0.1) is 0 Å². The highest BCUT2D eigenvalue weighted by Crippen LogP contribution is 2.19. The van der Waals surface area contributed by atoms with Gasteiger partial charge in [0, 0.05) is 50.0 Å². The van der Waals surface area contributed by atoms with Crippen molar-refractivity contribution in [3.8, 4) is 5.75 Å². The maximum Gasteiger partial charge on any atom is 0.308 e. The zero-order chi connectivity index (χ0) is 20.1. The number of nitrogens with zero attached hydrogens (tertiary/aromatic N) is 2. The Bertz CT molecular complexity index is 860. The van der Waals surface area contributed by atoms with E-state index in [9.17, 15) is 14.4 Å². The molecule has 1 aliphatic rings. The van der Waals surface area contributed by atoms with Crippen molar-refractivity contribution in [2.45, 2.75) is 6.92 Å². The summed E-state index contributed by atoms with van der Waals surface area (Å²) in [5.74, 6) is -0.600. The predicted octanol–water partition coefficient (Wildman–Crippen LogP) is 2.27. The topological polar surface area (TPSA) is 79.0 Å². The number of nitrogens with one attached hydrogen (secondary N) is 1. The van der Waals surface area contributed by atoms with E-state index in [1.807, 2.05) is 12.1 Å². The Morgan fingerprint density at radius 1 is 0.929 bits per heavy atom. The minimum atomic E-state index is -0.396. The van der Waals surface area contributed by atoms with Crippen molar-refractivity contribution < 1.29 is 19.1 Å². The number of benzene rings is 2. The third kappa shape index (κ3) is 4.91. The van der Waals surface area contributed by atoms with E-state index >= 15 is 0 Å². The van der Waals surface area contributed by atoms with Crippen LogP contribution in [0.5, 0.6) is 5.75 Å². The first-order chi connectivity index (χ1) is 13.4. The quantitative estimate of drug-likeness (QED) is 0.503. The zero-order valence-corrected chi connectivity index (χ0v) is 15.6. The van der Waals surface area contributed by atoms with E-state index in [2.05, 4.69) is 10.2 Å². The number of hydrogen-bond donors (Lipinski definition) is 1. The monoisotopic (exact) mass is 377 g/mol. The van der Waals surface area contributed by atoms with E-state index in [0.717, 1.165) is 5.69 Å². The summed E-state index contributed by atoms with van der Waals surface area (Å²) >= 11 is 0. The molecule has 1 heterocycles. The number of hydrogen-bond acceptors (Lipinski definition) is 5.